The fourth-order valence-corrected chi connectivity index (χ4v) is 3.51. The Labute approximate surface area is 179 Å². The highest BCUT2D eigenvalue weighted by Gasteiger charge is 2.16. The van der Waals surface area contributed by atoms with E-state index < -0.39 is 0 Å². The lowest BCUT2D eigenvalue weighted by molar-refractivity contribution is 0.0977. The number of aryl methyl sites for hydroxylation is 1. The predicted molar refractivity (Wildman–Crippen MR) is 118 cm³/mol. The van der Waals surface area contributed by atoms with Crippen LogP contribution in [0.5, 0.6) is 0 Å². The molecule has 0 atom stereocenters. The first kappa shape index (κ1) is 20.2. The van der Waals surface area contributed by atoms with Crippen molar-refractivity contribution in [3.05, 3.63) is 71.2 Å². The molecule has 0 amide bonds. The molecule has 7 heteroatoms. The third-order valence-electron chi connectivity index (χ3n) is 5.05. The van der Waals surface area contributed by atoms with Crippen molar-refractivity contribution in [3.63, 3.8) is 0 Å². The molecule has 0 unspecified atom stereocenters. The number of aromatic nitrogens is 5. The van der Waals surface area contributed by atoms with E-state index in [4.69, 9.17) is 11.6 Å². The van der Waals surface area contributed by atoms with Crippen molar-refractivity contribution in [1.82, 2.24) is 24.9 Å². The average molecular weight is 420 g/mol. The lowest BCUT2D eigenvalue weighted by atomic mass is 9.88. The smallest absolute Gasteiger partial charge is 0.181 e. The van der Waals surface area contributed by atoms with Gasteiger partial charge in [-0.2, -0.15) is 0 Å². The van der Waals surface area contributed by atoms with Gasteiger partial charge >= 0.3 is 0 Å². The second kappa shape index (κ2) is 7.95. The summed E-state index contributed by atoms with van der Waals surface area (Å²) in [6.07, 6.45) is 7.58. The number of Topliss-reactive ketones (excluding diaryl/α,β-unsaturated/α-hetero) is 1. The number of carbonyl (C=O) groups excluding carboxylic acids is 1. The van der Waals surface area contributed by atoms with Gasteiger partial charge in [0.25, 0.3) is 0 Å². The number of hydrogen-bond donors (Lipinski definition) is 1. The number of hydrogen-bond acceptors (Lipinski definition) is 5. The highest BCUT2D eigenvalue weighted by Crippen LogP contribution is 2.28. The fraction of sp³-hybridized carbons (Fsp3) is 0.261. The van der Waals surface area contributed by atoms with Crippen LogP contribution >= 0.6 is 11.6 Å². The number of nitrogens with one attached hydrogen (secondary N) is 1. The van der Waals surface area contributed by atoms with E-state index in [9.17, 15) is 4.79 Å². The zero-order chi connectivity index (χ0) is 21.3. The third kappa shape index (κ3) is 4.09. The second-order valence-corrected chi connectivity index (χ2v) is 8.63. The predicted octanol–water partition coefficient (Wildman–Crippen LogP) is 5.18. The molecule has 0 bridgehead atoms. The number of ketones is 1. The van der Waals surface area contributed by atoms with Crippen LogP contribution in [0.15, 0.2) is 49.2 Å². The zero-order valence-electron chi connectivity index (χ0n) is 17.1. The van der Waals surface area contributed by atoms with Crippen LogP contribution in [0.2, 0.25) is 5.02 Å². The molecule has 0 aliphatic carbocycles. The van der Waals surface area contributed by atoms with Crippen LogP contribution in [0.25, 0.3) is 22.3 Å². The summed E-state index contributed by atoms with van der Waals surface area (Å²) in [6, 6.07) is 7.50. The number of rotatable bonds is 5. The van der Waals surface area contributed by atoms with Crippen molar-refractivity contribution in [2.75, 3.05) is 0 Å². The molecule has 4 aromatic heterocycles. The molecule has 0 saturated carbocycles. The number of aromatic amines is 1. The fourth-order valence-electron chi connectivity index (χ4n) is 3.24. The lowest BCUT2D eigenvalue weighted by Crippen LogP contribution is -2.13. The molecule has 1 N–H and O–H groups in total. The van der Waals surface area contributed by atoms with Crippen molar-refractivity contribution < 1.29 is 4.79 Å². The first-order chi connectivity index (χ1) is 14.3. The second-order valence-electron chi connectivity index (χ2n) is 8.22. The molecule has 0 saturated heterocycles. The van der Waals surface area contributed by atoms with Crippen molar-refractivity contribution in [2.24, 2.45) is 0 Å². The Morgan fingerprint density at radius 3 is 2.60 bits per heavy atom. The van der Waals surface area contributed by atoms with Crippen molar-refractivity contribution in [2.45, 2.75) is 39.0 Å². The summed E-state index contributed by atoms with van der Waals surface area (Å²) >= 11 is 6.46. The standard InChI is InChI=1S/C23H22ClN5O/c1-23(2,3)15-4-5-19(27-12-15)20(30)7-6-18-17(24)10-14(11-26-18)21-16-8-9-25-22(16)29-13-28-21/h4-5,8-13H,6-7H2,1-3H3,(H,25,28,29). The van der Waals surface area contributed by atoms with Gasteiger partial charge in [0, 0.05) is 36.0 Å². The summed E-state index contributed by atoms with van der Waals surface area (Å²) in [6.45, 7) is 6.35. The Bertz CT molecular complexity index is 1210. The van der Waals surface area contributed by atoms with E-state index in [1.165, 1.54) is 6.33 Å². The summed E-state index contributed by atoms with van der Waals surface area (Å²) in [7, 11) is 0. The molecule has 0 fully saturated rings. The average Bonchev–Trinajstić information content (AvgIpc) is 3.21. The van der Waals surface area contributed by atoms with Crippen LogP contribution in [0.3, 0.4) is 0 Å². The number of H-pyrrole nitrogens is 1. The minimum Gasteiger partial charge on any atom is -0.346 e. The Morgan fingerprint density at radius 1 is 1.07 bits per heavy atom. The SMILES string of the molecule is CC(C)(C)c1ccc(C(=O)CCc2ncc(-c3ncnc4[nH]ccc34)cc2Cl)nc1. The molecule has 4 heterocycles. The molecule has 4 aromatic rings. The van der Waals surface area contributed by atoms with E-state index in [2.05, 4.69) is 45.7 Å². The van der Waals surface area contributed by atoms with Gasteiger partial charge < -0.3 is 4.98 Å². The van der Waals surface area contributed by atoms with Crippen LogP contribution in [-0.4, -0.2) is 30.7 Å². The molecule has 4 rings (SSSR count). The lowest BCUT2D eigenvalue weighted by Gasteiger charge is -2.18. The summed E-state index contributed by atoms with van der Waals surface area (Å²) in [5, 5.41) is 1.42. The summed E-state index contributed by atoms with van der Waals surface area (Å²) in [5.74, 6) is -0.0257. The summed E-state index contributed by atoms with van der Waals surface area (Å²) < 4.78 is 0. The van der Waals surface area contributed by atoms with Gasteiger partial charge in [-0.3, -0.25) is 14.8 Å². The number of halogens is 1. The van der Waals surface area contributed by atoms with Crippen molar-refractivity contribution in [1.29, 1.82) is 0 Å². The van der Waals surface area contributed by atoms with Crippen LogP contribution in [0.1, 0.15) is 48.9 Å². The van der Waals surface area contributed by atoms with E-state index in [1.54, 1.807) is 18.5 Å². The minimum absolute atomic E-state index is 0.00339. The first-order valence-corrected chi connectivity index (χ1v) is 10.1. The summed E-state index contributed by atoms with van der Waals surface area (Å²) in [5.41, 5.74) is 4.58. The Hall–Kier alpha value is -3.12. The van der Waals surface area contributed by atoms with Crippen LogP contribution in [-0.2, 0) is 11.8 Å². The number of pyridine rings is 2. The Kier molecular flexibility index (Phi) is 5.35. The van der Waals surface area contributed by atoms with E-state index >= 15 is 0 Å². The monoisotopic (exact) mass is 419 g/mol. The first-order valence-electron chi connectivity index (χ1n) is 9.75. The van der Waals surface area contributed by atoms with Gasteiger partial charge in [0.05, 0.1) is 16.4 Å². The van der Waals surface area contributed by atoms with Crippen molar-refractivity contribution >= 4 is 28.4 Å². The van der Waals surface area contributed by atoms with Gasteiger partial charge in [-0.15, -0.1) is 0 Å². The topological polar surface area (TPSA) is 84.4 Å². The van der Waals surface area contributed by atoms with E-state index in [-0.39, 0.29) is 11.2 Å². The van der Waals surface area contributed by atoms with E-state index in [0.29, 0.717) is 29.3 Å². The maximum atomic E-state index is 12.5. The van der Waals surface area contributed by atoms with E-state index in [1.807, 2.05) is 24.4 Å². The molecule has 0 aromatic carbocycles. The maximum Gasteiger partial charge on any atom is 0.181 e. The Balaban J connectivity index is 1.48. The van der Waals surface area contributed by atoms with Gasteiger partial charge in [0.15, 0.2) is 5.78 Å². The normalized spacial score (nSPS) is 11.7. The number of fused-ring (bicyclic) bond motifs is 1. The van der Waals surface area contributed by atoms with Gasteiger partial charge in [-0.1, -0.05) is 38.4 Å². The summed E-state index contributed by atoms with van der Waals surface area (Å²) in [4.78, 5) is 33.0. The number of carbonyl (C=O) groups is 1. The van der Waals surface area contributed by atoms with E-state index in [0.717, 1.165) is 27.9 Å². The minimum atomic E-state index is -0.0257. The van der Waals surface area contributed by atoms with Crippen molar-refractivity contribution in [3.8, 4) is 11.3 Å². The molecule has 0 radical (unpaired) electrons. The van der Waals surface area contributed by atoms with Gasteiger partial charge in [-0.05, 0) is 35.6 Å². The maximum absolute atomic E-state index is 12.5. The molecule has 30 heavy (non-hydrogen) atoms. The van der Waals surface area contributed by atoms with Gasteiger partial charge in [-0.25, -0.2) is 9.97 Å². The molecule has 0 aliphatic heterocycles. The molecular formula is C23H22ClN5O. The van der Waals surface area contributed by atoms with Crippen LogP contribution in [0, 0.1) is 0 Å². The Morgan fingerprint density at radius 2 is 1.90 bits per heavy atom. The third-order valence-corrected chi connectivity index (χ3v) is 5.38. The molecule has 6 nitrogen and oxygen atoms in total. The molecule has 152 valence electrons. The zero-order valence-corrected chi connectivity index (χ0v) is 17.9. The molecule has 0 aliphatic rings. The van der Waals surface area contributed by atoms with Crippen LogP contribution < -0.4 is 0 Å². The molecular weight excluding hydrogens is 398 g/mol. The number of nitrogens with zero attached hydrogens (tertiary/aromatic N) is 4. The largest absolute Gasteiger partial charge is 0.346 e. The van der Waals surface area contributed by atoms with Gasteiger partial charge in [0.1, 0.15) is 17.7 Å². The highest BCUT2D eigenvalue weighted by molar-refractivity contribution is 6.31. The van der Waals surface area contributed by atoms with Crippen LogP contribution in [0.4, 0.5) is 0 Å². The highest BCUT2D eigenvalue weighted by atomic mass is 35.5. The molecule has 0 spiro atoms. The van der Waals surface area contributed by atoms with Gasteiger partial charge in [0.2, 0.25) is 0 Å². The quantitative estimate of drug-likeness (QED) is 0.450.